The molecule has 4 atom stereocenters. The number of halogens is 1. The molecule has 1 rings (SSSR count). The Hall–Kier alpha value is 0.0500. The second kappa shape index (κ2) is 6.47. The van der Waals surface area contributed by atoms with Crippen molar-refractivity contribution in [2.75, 3.05) is 20.8 Å². The molecule has 0 aromatic heterocycles. The number of aliphatic hydroxyl groups excluding tert-OH is 2. The Morgan fingerprint density at radius 2 is 1.72 bits per heavy atom. The monoisotopic (exact) mass is 284 g/mol. The highest BCUT2D eigenvalue weighted by Gasteiger charge is 2.50. The Morgan fingerprint density at radius 1 is 1.22 bits per heavy atom. The molecule has 0 bridgehead atoms. The van der Waals surface area contributed by atoms with E-state index in [4.69, 9.17) is 35.7 Å². The van der Waals surface area contributed by atoms with Crippen molar-refractivity contribution in [3.05, 3.63) is 0 Å². The highest BCUT2D eigenvalue weighted by Crippen LogP contribution is 2.35. The molecule has 0 aromatic rings. The summed E-state index contributed by atoms with van der Waals surface area (Å²) in [5.41, 5.74) is 0. The van der Waals surface area contributed by atoms with Crippen LogP contribution in [-0.2, 0) is 18.9 Å². The summed E-state index contributed by atoms with van der Waals surface area (Å²) in [7, 11) is 2.96. The van der Waals surface area contributed by atoms with Gasteiger partial charge in [-0.1, -0.05) is 0 Å². The smallest absolute Gasteiger partial charge is 0.185 e. The fourth-order valence-corrected chi connectivity index (χ4v) is 2.23. The van der Waals surface area contributed by atoms with E-state index < -0.39 is 42.4 Å². The van der Waals surface area contributed by atoms with E-state index >= 15 is 0 Å². The maximum absolute atomic E-state index is 9.60. The SMILES string of the molecule is COC(OC)[C@@H]1OC(C)(C)O[C@H]1[C@@H](Cl)[C@H](O)CO. The van der Waals surface area contributed by atoms with Gasteiger partial charge in [0.25, 0.3) is 0 Å². The van der Waals surface area contributed by atoms with Crippen LogP contribution < -0.4 is 0 Å². The van der Waals surface area contributed by atoms with Crippen LogP contribution in [0.25, 0.3) is 0 Å². The van der Waals surface area contributed by atoms with Crippen molar-refractivity contribution in [3.8, 4) is 0 Å². The number of hydrogen-bond acceptors (Lipinski definition) is 6. The van der Waals surface area contributed by atoms with E-state index in [0.717, 1.165) is 0 Å². The van der Waals surface area contributed by atoms with Crippen molar-refractivity contribution in [1.29, 1.82) is 0 Å². The number of methoxy groups -OCH3 is 2. The van der Waals surface area contributed by atoms with Crippen molar-refractivity contribution >= 4 is 11.6 Å². The highest BCUT2D eigenvalue weighted by molar-refractivity contribution is 6.21. The minimum atomic E-state index is -1.11. The summed E-state index contributed by atoms with van der Waals surface area (Å²) in [6.45, 7) is 3.01. The largest absolute Gasteiger partial charge is 0.394 e. The molecule has 0 saturated carbocycles. The molecule has 0 spiro atoms. The van der Waals surface area contributed by atoms with Gasteiger partial charge in [-0.15, -0.1) is 11.6 Å². The van der Waals surface area contributed by atoms with E-state index in [2.05, 4.69) is 0 Å². The van der Waals surface area contributed by atoms with E-state index in [0.29, 0.717) is 0 Å². The van der Waals surface area contributed by atoms with Gasteiger partial charge in [0.1, 0.15) is 12.2 Å². The van der Waals surface area contributed by atoms with E-state index in [9.17, 15) is 5.11 Å². The Bertz CT molecular complexity index is 258. The predicted molar refractivity (Wildman–Crippen MR) is 64.4 cm³/mol. The van der Waals surface area contributed by atoms with Gasteiger partial charge in [-0.2, -0.15) is 0 Å². The zero-order valence-electron chi connectivity index (χ0n) is 11.0. The lowest BCUT2D eigenvalue weighted by atomic mass is 10.1. The number of alkyl halides is 1. The molecule has 18 heavy (non-hydrogen) atoms. The van der Waals surface area contributed by atoms with Crippen LogP contribution in [0.4, 0.5) is 0 Å². The first-order valence-electron chi connectivity index (χ1n) is 5.70. The normalized spacial score (nSPS) is 30.7. The molecule has 1 fully saturated rings. The van der Waals surface area contributed by atoms with Crippen molar-refractivity contribution in [2.45, 2.75) is 49.6 Å². The van der Waals surface area contributed by atoms with E-state index in [1.807, 2.05) is 0 Å². The summed E-state index contributed by atoms with van der Waals surface area (Å²) in [5.74, 6) is -0.854. The van der Waals surface area contributed by atoms with Crippen LogP contribution >= 0.6 is 11.6 Å². The quantitative estimate of drug-likeness (QED) is 0.532. The third kappa shape index (κ3) is 3.54. The second-order valence-corrected chi connectivity index (χ2v) is 5.10. The second-order valence-electron chi connectivity index (χ2n) is 4.60. The zero-order valence-corrected chi connectivity index (χ0v) is 11.8. The predicted octanol–water partition coefficient (Wildman–Crippen LogP) is 0.0860. The number of ether oxygens (including phenoxy) is 4. The molecule has 0 aromatic carbocycles. The summed E-state index contributed by atoms with van der Waals surface area (Å²) in [6, 6.07) is 0. The summed E-state index contributed by atoms with van der Waals surface area (Å²) in [4.78, 5) is 0. The number of aliphatic hydroxyl groups is 2. The lowest BCUT2D eigenvalue weighted by Gasteiger charge is -2.28. The van der Waals surface area contributed by atoms with Gasteiger partial charge < -0.3 is 29.2 Å². The molecular weight excluding hydrogens is 264 g/mol. The van der Waals surface area contributed by atoms with Gasteiger partial charge in [0.2, 0.25) is 0 Å². The minimum Gasteiger partial charge on any atom is -0.394 e. The minimum absolute atomic E-state index is 0.453. The van der Waals surface area contributed by atoms with Crippen molar-refractivity contribution in [1.82, 2.24) is 0 Å². The summed E-state index contributed by atoms with van der Waals surface area (Å²) in [5, 5.41) is 17.7. The molecule has 0 amide bonds. The lowest BCUT2D eigenvalue weighted by Crippen LogP contribution is -2.46. The van der Waals surface area contributed by atoms with Gasteiger partial charge in [-0.3, -0.25) is 0 Å². The Kier molecular flexibility index (Phi) is 5.79. The van der Waals surface area contributed by atoms with Gasteiger partial charge in [0.05, 0.1) is 18.1 Å². The van der Waals surface area contributed by atoms with Crippen molar-refractivity contribution in [2.24, 2.45) is 0 Å². The average molecular weight is 285 g/mol. The molecule has 108 valence electrons. The Labute approximate surface area is 112 Å². The molecule has 1 heterocycles. The topological polar surface area (TPSA) is 77.4 Å². The van der Waals surface area contributed by atoms with Crippen molar-refractivity contribution in [3.63, 3.8) is 0 Å². The molecule has 0 unspecified atom stereocenters. The first-order valence-corrected chi connectivity index (χ1v) is 6.14. The lowest BCUT2D eigenvalue weighted by molar-refractivity contribution is -0.201. The van der Waals surface area contributed by atoms with Crippen LogP contribution in [0.5, 0.6) is 0 Å². The molecule has 7 heteroatoms. The maximum Gasteiger partial charge on any atom is 0.185 e. The number of rotatable bonds is 6. The maximum atomic E-state index is 9.60. The van der Waals surface area contributed by atoms with Gasteiger partial charge in [-0.05, 0) is 13.8 Å². The van der Waals surface area contributed by atoms with E-state index in [1.165, 1.54) is 14.2 Å². The van der Waals surface area contributed by atoms with E-state index in [1.54, 1.807) is 13.8 Å². The first-order chi connectivity index (χ1) is 8.36. The third-order valence-corrected chi connectivity index (χ3v) is 3.30. The van der Waals surface area contributed by atoms with Crippen LogP contribution in [-0.4, -0.2) is 66.8 Å². The molecule has 2 N–H and O–H groups in total. The standard InChI is InChI=1S/C11H21ClO6/c1-11(2)17-8(7(12)6(14)5-13)9(18-11)10(15-3)16-4/h6-10,13-14H,5H2,1-4H3/t6-,7+,8+,9-/m1/s1. The third-order valence-electron chi connectivity index (χ3n) is 2.76. The number of hydrogen-bond donors (Lipinski definition) is 2. The zero-order chi connectivity index (χ0) is 13.9. The molecule has 6 nitrogen and oxygen atoms in total. The van der Waals surface area contributed by atoms with Crippen LogP contribution in [0.3, 0.4) is 0 Å². The first kappa shape index (κ1) is 16.1. The molecule has 1 saturated heterocycles. The van der Waals surface area contributed by atoms with Crippen LogP contribution in [0.1, 0.15) is 13.8 Å². The van der Waals surface area contributed by atoms with Gasteiger partial charge in [0, 0.05) is 14.2 Å². The fraction of sp³-hybridized carbons (Fsp3) is 1.00. The Morgan fingerprint density at radius 3 is 2.17 bits per heavy atom. The van der Waals surface area contributed by atoms with Crippen molar-refractivity contribution < 1.29 is 29.2 Å². The van der Waals surface area contributed by atoms with Gasteiger partial charge in [0.15, 0.2) is 12.1 Å². The van der Waals surface area contributed by atoms with Gasteiger partial charge in [-0.25, -0.2) is 0 Å². The molecule has 1 aliphatic heterocycles. The van der Waals surface area contributed by atoms with E-state index in [-0.39, 0.29) is 0 Å². The summed E-state index contributed by atoms with van der Waals surface area (Å²) >= 11 is 6.09. The Balaban J connectivity index is 2.85. The molecule has 0 aliphatic carbocycles. The molecular formula is C11H21ClO6. The van der Waals surface area contributed by atoms with Gasteiger partial charge >= 0.3 is 0 Å². The van der Waals surface area contributed by atoms with Crippen LogP contribution in [0.15, 0.2) is 0 Å². The van der Waals surface area contributed by atoms with Crippen LogP contribution in [0, 0.1) is 0 Å². The highest BCUT2D eigenvalue weighted by atomic mass is 35.5. The van der Waals surface area contributed by atoms with Crippen LogP contribution in [0.2, 0.25) is 0 Å². The summed E-state index contributed by atoms with van der Waals surface area (Å²) < 4.78 is 21.6. The molecule has 1 aliphatic rings. The molecule has 0 radical (unpaired) electrons. The average Bonchev–Trinajstić information content (AvgIpc) is 2.65. The fourth-order valence-electron chi connectivity index (χ4n) is 1.96. The summed E-state index contributed by atoms with van der Waals surface area (Å²) in [6.07, 6.45) is -3.00.